The summed E-state index contributed by atoms with van der Waals surface area (Å²) in [7, 11) is -5.63. The molecule has 0 saturated carbocycles. The van der Waals surface area contributed by atoms with Crippen LogP contribution >= 0.6 is 0 Å². The fourth-order valence-electron chi connectivity index (χ4n) is 1.66. The van der Waals surface area contributed by atoms with Gasteiger partial charge in [0.1, 0.15) is 8.24 Å². The highest BCUT2D eigenvalue weighted by atomic mass is 32.2. The van der Waals surface area contributed by atoms with Crippen molar-refractivity contribution in [3.05, 3.63) is 24.0 Å². The molecule has 4 nitrogen and oxygen atoms in total. The average molecular weight is 329 g/mol. The first-order valence-corrected chi connectivity index (χ1v) is 11.8. The summed E-state index contributed by atoms with van der Waals surface area (Å²) in [5.41, 5.74) is 0.927. The highest BCUT2D eigenvalue weighted by molar-refractivity contribution is 7.91. The third-order valence-corrected chi connectivity index (χ3v) is 11.7. The summed E-state index contributed by atoms with van der Waals surface area (Å²) in [5, 5.41) is -0.0505. The van der Waals surface area contributed by atoms with Crippen LogP contribution in [0.4, 0.5) is 0 Å². The summed E-state index contributed by atoms with van der Waals surface area (Å²) in [4.78, 5) is 4.52. The maximum Gasteiger partial charge on any atom is 0.236 e. The third-order valence-electron chi connectivity index (χ3n) is 3.99. The standard InChI is InChI=1S/C15H28N2O2SSi/c1-12(2)10-13-8-9-14(11-16-13)20(18,19)17-21(6,7)15(3,4)5/h8-9,11-12,17H,10H2,1-7H3. The summed E-state index contributed by atoms with van der Waals surface area (Å²) >= 11 is 0. The summed E-state index contributed by atoms with van der Waals surface area (Å²) in [5.74, 6) is 0.505. The van der Waals surface area contributed by atoms with Crippen LogP contribution in [0.5, 0.6) is 0 Å². The molecule has 0 fully saturated rings. The van der Waals surface area contributed by atoms with Gasteiger partial charge >= 0.3 is 0 Å². The number of rotatable bonds is 5. The zero-order chi connectivity index (χ0) is 16.5. The normalized spacial score (nSPS) is 13.7. The van der Waals surface area contributed by atoms with Crippen molar-refractivity contribution in [2.75, 3.05) is 0 Å². The Morgan fingerprint density at radius 3 is 2.19 bits per heavy atom. The summed E-state index contributed by atoms with van der Waals surface area (Å²) < 4.78 is 27.9. The number of nitrogens with one attached hydrogen (secondary N) is 1. The number of pyridine rings is 1. The maximum absolute atomic E-state index is 12.5. The van der Waals surface area contributed by atoms with Crippen LogP contribution in [0.3, 0.4) is 0 Å². The van der Waals surface area contributed by atoms with Gasteiger partial charge in [-0.2, -0.15) is 0 Å². The Morgan fingerprint density at radius 2 is 1.81 bits per heavy atom. The second-order valence-electron chi connectivity index (χ2n) is 7.56. The zero-order valence-corrected chi connectivity index (χ0v) is 16.0. The van der Waals surface area contributed by atoms with Gasteiger partial charge in [0.2, 0.25) is 10.0 Å². The van der Waals surface area contributed by atoms with Crippen molar-refractivity contribution in [1.29, 1.82) is 0 Å². The van der Waals surface area contributed by atoms with E-state index in [9.17, 15) is 8.42 Å². The first-order valence-electron chi connectivity index (χ1n) is 7.34. The zero-order valence-electron chi connectivity index (χ0n) is 14.2. The Labute approximate surface area is 130 Å². The topological polar surface area (TPSA) is 59.1 Å². The quantitative estimate of drug-likeness (QED) is 0.841. The minimum Gasteiger partial charge on any atom is -0.260 e. The largest absolute Gasteiger partial charge is 0.260 e. The molecule has 0 aromatic carbocycles. The molecule has 1 heterocycles. The minimum absolute atomic E-state index is 0.0505. The summed E-state index contributed by atoms with van der Waals surface area (Å²) in [6.07, 6.45) is 2.32. The molecule has 0 aliphatic rings. The molecule has 120 valence electrons. The molecule has 1 aromatic rings. The number of sulfonamides is 1. The van der Waals surface area contributed by atoms with Gasteiger partial charge in [-0.05, 0) is 29.5 Å². The SMILES string of the molecule is CC(C)Cc1ccc(S(=O)(=O)N[Si](C)(C)C(C)(C)C)cn1. The summed E-state index contributed by atoms with van der Waals surface area (Å²) in [6, 6.07) is 3.46. The first-order chi connectivity index (χ1) is 9.35. The molecule has 21 heavy (non-hydrogen) atoms. The second kappa shape index (κ2) is 6.18. The second-order valence-corrected chi connectivity index (χ2v) is 14.6. The summed E-state index contributed by atoms with van der Waals surface area (Å²) in [6.45, 7) is 14.5. The van der Waals surface area contributed by atoms with Gasteiger partial charge in [-0.15, -0.1) is 0 Å². The third kappa shape index (κ3) is 4.90. The Morgan fingerprint density at radius 1 is 1.24 bits per heavy atom. The molecule has 6 heteroatoms. The van der Waals surface area contributed by atoms with E-state index in [-0.39, 0.29) is 9.93 Å². The smallest absolute Gasteiger partial charge is 0.236 e. The molecule has 0 unspecified atom stereocenters. The van der Waals surface area contributed by atoms with Crippen LogP contribution in [0.25, 0.3) is 0 Å². The first kappa shape index (κ1) is 18.3. The molecule has 0 spiro atoms. The van der Waals surface area contributed by atoms with E-state index < -0.39 is 18.3 Å². The number of hydrogen-bond acceptors (Lipinski definition) is 3. The lowest BCUT2D eigenvalue weighted by Crippen LogP contribution is -2.54. The predicted molar refractivity (Wildman–Crippen MR) is 90.3 cm³/mol. The molecule has 1 N–H and O–H groups in total. The number of aromatic nitrogens is 1. The van der Waals surface area contributed by atoms with E-state index >= 15 is 0 Å². The van der Waals surface area contributed by atoms with Gasteiger partial charge < -0.3 is 0 Å². The van der Waals surface area contributed by atoms with Crippen LogP contribution in [0.2, 0.25) is 18.1 Å². The van der Waals surface area contributed by atoms with Gasteiger partial charge in [-0.1, -0.05) is 47.7 Å². The number of hydrogen-bond donors (Lipinski definition) is 1. The Hall–Kier alpha value is -0.723. The van der Waals surface area contributed by atoms with Gasteiger partial charge in [-0.25, -0.2) is 12.8 Å². The maximum atomic E-state index is 12.5. The van der Waals surface area contributed by atoms with Gasteiger partial charge in [-0.3, -0.25) is 4.98 Å². The van der Waals surface area contributed by atoms with Gasteiger partial charge in [0.15, 0.2) is 0 Å². The average Bonchev–Trinajstić information content (AvgIpc) is 2.25. The van der Waals surface area contributed by atoms with E-state index in [2.05, 4.69) is 44.0 Å². The lowest BCUT2D eigenvalue weighted by molar-refractivity contribution is 0.588. The molecule has 1 rings (SSSR count). The molecule has 0 saturated heterocycles. The molecule has 0 amide bonds. The number of nitrogens with zero attached hydrogens (tertiary/aromatic N) is 1. The van der Waals surface area contributed by atoms with Crippen molar-refractivity contribution in [1.82, 2.24) is 9.37 Å². The Balaban J connectivity index is 2.99. The predicted octanol–water partition coefficient (Wildman–Crippen LogP) is 3.56. The molecule has 1 aromatic heterocycles. The van der Waals surface area contributed by atoms with Crippen LogP contribution < -0.4 is 4.39 Å². The fraction of sp³-hybridized carbons (Fsp3) is 0.667. The van der Waals surface area contributed by atoms with Crippen LogP contribution in [0.15, 0.2) is 23.2 Å². The van der Waals surface area contributed by atoms with Crippen molar-refractivity contribution in [3.8, 4) is 0 Å². The highest BCUT2D eigenvalue weighted by Crippen LogP contribution is 2.34. The molecule has 0 aliphatic carbocycles. The van der Waals surface area contributed by atoms with Crippen LogP contribution in [0.1, 0.15) is 40.3 Å². The molecule has 0 atom stereocenters. The lowest BCUT2D eigenvalue weighted by Gasteiger charge is -2.36. The van der Waals surface area contributed by atoms with Crippen LogP contribution in [0, 0.1) is 5.92 Å². The molecule has 0 bridgehead atoms. The van der Waals surface area contributed by atoms with Crippen molar-refractivity contribution in [3.63, 3.8) is 0 Å². The van der Waals surface area contributed by atoms with Crippen LogP contribution in [-0.4, -0.2) is 21.6 Å². The van der Waals surface area contributed by atoms with E-state index in [1.54, 1.807) is 12.1 Å². The van der Waals surface area contributed by atoms with E-state index in [1.165, 1.54) is 6.20 Å². The van der Waals surface area contributed by atoms with Gasteiger partial charge in [0.25, 0.3) is 0 Å². The molecule has 0 aliphatic heterocycles. The van der Waals surface area contributed by atoms with Crippen molar-refractivity contribution in [2.24, 2.45) is 5.92 Å². The monoisotopic (exact) mass is 328 g/mol. The van der Waals surface area contributed by atoms with Gasteiger partial charge in [0.05, 0.1) is 4.90 Å². The van der Waals surface area contributed by atoms with E-state index in [4.69, 9.17) is 0 Å². The van der Waals surface area contributed by atoms with Gasteiger partial charge in [0, 0.05) is 11.9 Å². The van der Waals surface area contributed by atoms with E-state index in [0.29, 0.717) is 5.92 Å². The van der Waals surface area contributed by atoms with Crippen molar-refractivity contribution >= 4 is 18.3 Å². The molecule has 0 radical (unpaired) electrons. The Kier molecular flexibility index (Phi) is 5.39. The van der Waals surface area contributed by atoms with Crippen molar-refractivity contribution in [2.45, 2.75) is 64.1 Å². The minimum atomic E-state index is -3.50. The lowest BCUT2D eigenvalue weighted by atomic mass is 10.1. The van der Waals surface area contributed by atoms with E-state index in [1.807, 2.05) is 13.1 Å². The van der Waals surface area contributed by atoms with Crippen molar-refractivity contribution < 1.29 is 8.42 Å². The highest BCUT2D eigenvalue weighted by Gasteiger charge is 2.39. The molecular formula is C15H28N2O2SSi. The molecular weight excluding hydrogens is 300 g/mol. The fourth-order valence-corrected chi connectivity index (χ4v) is 6.48. The van der Waals surface area contributed by atoms with E-state index in [0.717, 1.165) is 12.1 Å². The van der Waals surface area contributed by atoms with Crippen LogP contribution in [-0.2, 0) is 16.4 Å². The Bertz CT molecular complexity index is 573.